The number of likely N-dealkylation sites (N-methyl/N-ethyl adjacent to an activating group) is 1. The second-order valence-electron chi connectivity index (χ2n) is 5.11. The molecule has 1 rings (SSSR count). The molecule has 19 heavy (non-hydrogen) atoms. The van der Waals surface area contributed by atoms with Gasteiger partial charge in [0.1, 0.15) is 5.75 Å². The van der Waals surface area contributed by atoms with Gasteiger partial charge in [-0.3, -0.25) is 9.69 Å². The minimum atomic E-state index is -0.801. The van der Waals surface area contributed by atoms with Crippen LogP contribution < -0.4 is 4.74 Å². The third kappa shape index (κ3) is 4.91. The number of aliphatic carboxylic acids is 1. The van der Waals surface area contributed by atoms with E-state index in [1.807, 2.05) is 13.1 Å². The van der Waals surface area contributed by atoms with E-state index in [1.54, 1.807) is 12.0 Å². The largest absolute Gasteiger partial charge is 0.496 e. The molecule has 1 aromatic rings. The molecule has 0 fully saturated rings. The minimum Gasteiger partial charge on any atom is -0.496 e. The number of carboxylic acid groups (broad SMARTS) is 1. The molecule has 0 saturated heterocycles. The fourth-order valence-corrected chi connectivity index (χ4v) is 1.97. The van der Waals surface area contributed by atoms with Crippen LogP contribution in [0.15, 0.2) is 18.2 Å². The van der Waals surface area contributed by atoms with E-state index in [0.717, 1.165) is 17.7 Å². The van der Waals surface area contributed by atoms with Crippen LogP contribution in [0.4, 0.5) is 0 Å². The topological polar surface area (TPSA) is 49.8 Å². The average Bonchev–Trinajstić information content (AvgIpc) is 2.35. The van der Waals surface area contributed by atoms with Crippen LogP contribution in [0.2, 0.25) is 0 Å². The molecule has 0 amide bonds. The van der Waals surface area contributed by atoms with Crippen LogP contribution >= 0.6 is 0 Å². The Labute approximate surface area is 115 Å². The zero-order valence-corrected chi connectivity index (χ0v) is 12.1. The van der Waals surface area contributed by atoms with Crippen molar-refractivity contribution in [3.8, 4) is 5.75 Å². The normalized spacial score (nSPS) is 11.1. The van der Waals surface area contributed by atoms with Crippen molar-refractivity contribution < 1.29 is 14.6 Å². The second kappa shape index (κ2) is 7.14. The number of carbonyl (C=O) groups is 1. The summed E-state index contributed by atoms with van der Waals surface area (Å²) >= 11 is 0. The predicted octanol–water partition coefficient (Wildman–Crippen LogP) is 2.38. The number of ether oxygens (including phenoxy) is 1. The van der Waals surface area contributed by atoms with Crippen molar-refractivity contribution in [1.29, 1.82) is 0 Å². The maximum Gasteiger partial charge on any atom is 0.317 e. The van der Waals surface area contributed by atoms with Gasteiger partial charge in [0.2, 0.25) is 0 Å². The molecule has 0 atom stereocenters. The second-order valence-corrected chi connectivity index (χ2v) is 5.11. The first-order valence-corrected chi connectivity index (χ1v) is 6.51. The smallest absolute Gasteiger partial charge is 0.317 e. The van der Waals surface area contributed by atoms with Crippen LogP contribution in [0.3, 0.4) is 0 Å². The van der Waals surface area contributed by atoms with Crippen LogP contribution in [0.5, 0.6) is 5.75 Å². The van der Waals surface area contributed by atoms with E-state index in [-0.39, 0.29) is 6.54 Å². The number of carboxylic acids is 1. The Morgan fingerprint density at radius 1 is 1.42 bits per heavy atom. The van der Waals surface area contributed by atoms with E-state index in [1.165, 1.54) is 5.56 Å². The van der Waals surface area contributed by atoms with Gasteiger partial charge >= 0.3 is 5.97 Å². The summed E-state index contributed by atoms with van der Waals surface area (Å²) in [6.07, 6.45) is 0.785. The lowest BCUT2D eigenvalue weighted by Gasteiger charge is -2.16. The molecule has 0 aliphatic heterocycles. The first kappa shape index (κ1) is 15.5. The third-order valence-corrected chi connectivity index (χ3v) is 3.14. The lowest BCUT2D eigenvalue weighted by molar-refractivity contribution is -0.137. The SMILES string of the molecule is COc1ccc(C(C)C)cc1CCN(C)CC(=O)O. The summed E-state index contributed by atoms with van der Waals surface area (Å²) in [6.45, 7) is 5.07. The molecule has 4 heteroatoms. The average molecular weight is 265 g/mol. The van der Waals surface area contributed by atoms with Gasteiger partial charge in [-0.05, 0) is 36.6 Å². The highest BCUT2D eigenvalue weighted by Gasteiger charge is 2.09. The summed E-state index contributed by atoms with van der Waals surface area (Å²) in [5.41, 5.74) is 2.41. The number of nitrogens with zero attached hydrogens (tertiary/aromatic N) is 1. The molecule has 106 valence electrons. The molecular weight excluding hydrogens is 242 g/mol. The van der Waals surface area contributed by atoms with E-state index >= 15 is 0 Å². The quantitative estimate of drug-likeness (QED) is 0.822. The molecule has 4 nitrogen and oxygen atoms in total. The van der Waals surface area contributed by atoms with Crippen molar-refractivity contribution >= 4 is 5.97 Å². The van der Waals surface area contributed by atoms with Gasteiger partial charge in [0.15, 0.2) is 0 Å². The highest BCUT2D eigenvalue weighted by Crippen LogP contribution is 2.24. The number of hydrogen-bond acceptors (Lipinski definition) is 3. The van der Waals surface area contributed by atoms with Crippen molar-refractivity contribution in [2.45, 2.75) is 26.2 Å². The van der Waals surface area contributed by atoms with Crippen LogP contribution in [0.1, 0.15) is 30.9 Å². The zero-order valence-electron chi connectivity index (χ0n) is 12.1. The molecule has 0 aliphatic carbocycles. The summed E-state index contributed by atoms with van der Waals surface area (Å²) in [5, 5.41) is 8.73. The number of rotatable bonds is 7. The maximum atomic E-state index is 10.6. The zero-order chi connectivity index (χ0) is 14.4. The first-order chi connectivity index (χ1) is 8.93. The molecule has 0 spiro atoms. The van der Waals surface area contributed by atoms with Crippen molar-refractivity contribution in [1.82, 2.24) is 4.90 Å². The minimum absolute atomic E-state index is 0.0617. The molecule has 0 bridgehead atoms. The van der Waals surface area contributed by atoms with Crippen LogP contribution in [0.25, 0.3) is 0 Å². The Hall–Kier alpha value is -1.55. The predicted molar refractivity (Wildman–Crippen MR) is 75.9 cm³/mol. The molecule has 1 N–H and O–H groups in total. The summed E-state index contributed by atoms with van der Waals surface area (Å²) in [6, 6.07) is 6.22. The summed E-state index contributed by atoms with van der Waals surface area (Å²) < 4.78 is 5.36. The van der Waals surface area contributed by atoms with E-state index in [2.05, 4.69) is 26.0 Å². The molecule has 0 aliphatic rings. The number of hydrogen-bond donors (Lipinski definition) is 1. The van der Waals surface area contributed by atoms with E-state index in [9.17, 15) is 4.79 Å². The molecule has 0 heterocycles. The van der Waals surface area contributed by atoms with Crippen molar-refractivity contribution in [3.05, 3.63) is 29.3 Å². The standard InChI is InChI=1S/C15H23NO3/c1-11(2)12-5-6-14(19-4)13(9-12)7-8-16(3)10-15(17)18/h5-6,9,11H,7-8,10H2,1-4H3,(H,17,18). The van der Waals surface area contributed by atoms with Gasteiger partial charge in [0, 0.05) is 6.54 Å². The van der Waals surface area contributed by atoms with Gasteiger partial charge in [0.05, 0.1) is 13.7 Å². The number of benzene rings is 1. The number of methoxy groups -OCH3 is 1. The molecule has 0 aromatic heterocycles. The monoisotopic (exact) mass is 265 g/mol. The van der Waals surface area contributed by atoms with Crippen LogP contribution in [-0.2, 0) is 11.2 Å². The third-order valence-electron chi connectivity index (χ3n) is 3.14. The Kier molecular flexibility index (Phi) is 5.83. The lowest BCUT2D eigenvalue weighted by Crippen LogP contribution is -2.27. The van der Waals surface area contributed by atoms with Gasteiger partial charge in [-0.25, -0.2) is 0 Å². The van der Waals surface area contributed by atoms with Crippen LogP contribution in [0, 0.1) is 0 Å². The first-order valence-electron chi connectivity index (χ1n) is 6.51. The summed E-state index contributed by atoms with van der Waals surface area (Å²) in [4.78, 5) is 12.4. The van der Waals surface area contributed by atoms with Crippen molar-refractivity contribution in [3.63, 3.8) is 0 Å². The van der Waals surface area contributed by atoms with Gasteiger partial charge < -0.3 is 9.84 Å². The highest BCUT2D eigenvalue weighted by atomic mass is 16.5. The molecular formula is C15H23NO3. The Bertz CT molecular complexity index is 429. The summed E-state index contributed by atoms with van der Waals surface area (Å²) in [5.74, 6) is 0.542. The van der Waals surface area contributed by atoms with Gasteiger partial charge in [-0.1, -0.05) is 26.0 Å². The van der Waals surface area contributed by atoms with Crippen molar-refractivity contribution in [2.24, 2.45) is 0 Å². The van der Waals surface area contributed by atoms with Crippen LogP contribution in [-0.4, -0.2) is 43.2 Å². The lowest BCUT2D eigenvalue weighted by atomic mass is 9.99. The molecule has 1 aromatic carbocycles. The van der Waals surface area contributed by atoms with Crippen molar-refractivity contribution in [2.75, 3.05) is 27.2 Å². The fourth-order valence-electron chi connectivity index (χ4n) is 1.97. The van der Waals surface area contributed by atoms with E-state index in [0.29, 0.717) is 12.5 Å². The molecule has 0 unspecified atom stereocenters. The molecule has 0 radical (unpaired) electrons. The maximum absolute atomic E-state index is 10.6. The van der Waals surface area contributed by atoms with E-state index < -0.39 is 5.97 Å². The fraction of sp³-hybridized carbons (Fsp3) is 0.533. The van der Waals surface area contributed by atoms with Gasteiger partial charge in [-0.15, -0.1) is 0 Å². The highest BCUT2D eigenvalue weighted by molar-refractivity contribution is 5.69. The van der Waals surface area contributed by atoms with Gasteiger partial charge in [-0.2, -0.15) is 0 Å². The Morgan fingerprint density at radius 3 is 2.63 bits per heavy atom. The molecule has 0 saturated carbocycles. The van der Waals surface area contributed by atoms with Gasteiger partial charge in [0.25, 0.3) is 0 Å². The Balaban J connectivity index is 2.75. The van der Waals surface area contributed by atoms with E-state index in [4.69, 9.17) is 9.84 Å². The summed E-state index contributed by atoms with van der Waals surface area (Å²) in [7, 11) is 3.47. The Morgan fingerprint density at radius 2 is 2.11 bits per heavy atom.